The highest BCUT2D eigenvalue weighted by Crippen LogP contribution is 2.50. The number of halogens is 6. The predicted molar refractivity (Wildman–Crippen MR) is 96.8 cm³/mol. The van der Waals surface area contributed by atoms with Gasteiger partial charge in [-0.25, -0.2) is 9.78 Å². The summed E-state index contributed by atoms with van der Waals surface area (Å²) in [5.74, 6) is -2.76. The van der Waals surface area contributed by atoms with Crippen LogP contribution in [-0.4, -0.2) is 38.6 Å². The summed E-state index contributed by atoms with van der Waals surface area (Å²) in [6.45, 7) is 1.54. The highest BCUT2D eigenvalue weighted by Gasteiger charge is 2.46. The summed E-state index contributed by atoms with van der Waals surface area (Å²) in [6.07, 6.45) is -1.27. The number of alkyl halides is 3. The van der Waals surface area contributed by atoms with Crippen LogP contribution in [0.25, 0.3) is 0 Å². The molecule has 0 unspecified atom stereocenters. The fraction of sp³-hybridized carbons (Fsp3) is 0.400. The number of benzene rings is 1. The van der Waals surface area contributed by atoms with Crippen molar-refractivity contribution in [2.75, 3.05) is 6.54 Å². The van der Waals surface area contributed by atoms with Crippen LogP contribution in [0, 0.1) is 0 Å². The quantitative estimate of drug-likeness (QED) is 0.656. The fourth-order valence-corrected chi connectivity index (χ4v) is 3.44. The van der Waals surface area contributed by atoms with Gasteiger partial charge >= 0.3 is 12.1 Å². The number of carboxylic acid groups (broad SMARTS) is 1. The molecule has 0 saturated heterocycles. The van der Waals surface area contributed by atoms with Crippen LogP contribution in [0.15, 0.2) is 29.3 Å². The molecule has 1 aromatic carbocycles. The molecule has 1 saturated carbocycles. The topological polar surface area (TPSA) is 80.0 Å². The first-order valence-electron chi connectivity index (χ1n) is 7.60. The maximum atomic E-state index is 10.6. The summed E-state index contributed by atoms with van der Waals surface area (Å²) < 4.78 is 34.1. The van der Waals surface area contributed by atoms with Crippen molar-refractivity contribution < 1.29 is 23.1 Å². The Morgan fingerprint density at radius 2 is 1.89 bits per heavy atom. The van der Waals surface area contributed by atoms with Crippen LogP contribution in [-0.2, 0) is 16.9 Å². The Labute approximate surface area is 170 Å². The number of aromatic nitrogens is 3. The minimum atomic E-state index is -5.08. The highest BCUT2D eigenvalue weighted by atomic mass is 79.9. The third kappa shape index (κ3) is 6.06. The summed E-state index contributed by atoms with van der Waals surface area (Å²) in [6, 6.07) is 5.65. The minimum absolute atomic E-state index is 0.0762. The van der Waals surface area contributed by atoms with E-state index in [-0.39, 0.29) is 5.54 Å². The van der Waals surface area contributed by atoms with Gasteiger partial charge in [0.25, 0.3) is 0 Å². The molecule has 0 spiro atoms. The van der Waals surface area contributed by atoms with Crippen molar-refractivity contribution in [3.63, 3.8) is 0 Å². The lowest BCUT2D eigenvalue weighted by Gasteiger charge is -2.20. The van der Waals surface area contributed by atoms with Crippen LogP contribution in [0.2, 0.25) is 10.0 Å². The van der Waals surface area contributed by atoms with Gasteiger partial charge in [-0.05, 0) is 40.9 Å². The molecule has 2 aromatic rings. The van der Waals surface area contributed by atoms with Crippen molar-refractivity contribution in [3.8, 4) is 0 Å². The molecule has 0 bridgehead atoms. The van der Waals surface area contributed by atoms with Crippen molar-refractivity contribution >= 4 is 45.1 Å². The van der Waals surface area contributed by atoms with E-state index in [0.29, 0.717) is 4.73 Å². The molecule has 2 N–H and O–H groups in total. The van der Waals surface area contributed by atoms with Crippen molar-refractivity contribution in [1.82, 2.24) is 20.1 Å². The molecule has 0 radical (unpaired) electrons. The second-order valence-electron chi connectivity index (χ2n) is 5.69. The lowest BCUT2D eigenvalue weighted by molar-refractivity contribution is -0.192. The van der Waals surface area contributed by atoms with E-state index < -0.39 is 12.1 Å². The molecule has 0 amide bonds. The van der Waals surface area contributed by atoms with Crippen molar-refractivity contribution in [2.45, 2.75) is 31.1 Å². The van der Waals surface area contributed by atoms with E-state index in [9.17, 15) is 13.2 Å². The second kappa shape index (κ2) is 8.76. The molecular weight excluding hydrogens is 476 g/mol. The Kier molecular flexibility index (Phi) is 7.12. The molecule has 6 nitrogen and oxygen atoms in total. The van der Waals surface area contributed by atoms with Crippen molar-refractivity contribution in [3.05, 3.63) is 44.9 Å². The molecule has 148 valence electrons. The number of aliphatic carboxylic acids is 1. The van der Waals surface area contributed by atoms with Crippen molar-refractivity contribution in [2.24, 2.45) is 0 Å². The average Bonchev–Trinajstić information content (AvgIpc) is 3.21. The SMILES string of the molecule is Clc1cccc(Cl)c1C1(NCCn2cnc(Br)n2)CC1.O=C(O)C(F)(F)F. The molecule has 3 rings (SSSR count). The first-order chi connectivity index (χ1) is 12.5. The molecule has 27 heavy (non-hydrogen) atoms. The summed E-state index contributed by atoms with van der Waals surface area (Å²) in [5.41, 5.74) is 0.941. The van der Waals surface area contributed by atoms with Crippen LogP contribution in [0.1, 0.15) is 18.4 Å². The van der Waals surface area contributed by atoms with Crippen LogP contribution in [0.5, 0.6) is 0 Å². The zero-order valence-corrected chi connectivity index (χ0v) is 16.7. The van der Waals surface area contributed by atoms with Gasteiger partial charge in [-0.3, -0.25) is 4.68 Å². The fourth-order valence-electron chi connectivity index (χ4n) is 2.38. The van der Waals surface area contributed by atoms with Gasteiger partial charge in [0.05, 0.1) is 6.54 Å². The monoisotopic (exact) mass is 488 g/mol. The standard InChI is InChI=1S/C13H13BrCl2N4.C2HF3O2/c14-12-17-8-20(19-12)7-6-18-13(4-5-13)11-9(15)2-1-3-10(11)16;3-2(4,5)1(6)7/h1-3,8,18H,4-7H2;(H,6,7). The number of hydrogen-bond donors (Lipinski definition) is 2. The molecule has 1 aliphatic carbocycles. The molecule has 1 heterocycles. The summed E-state index contributed by atoms with van der Waals surface area (Å²) >= 11 is 15.8. The van der Waals surface area contributed by atoms with Gasteiger partial charge in [0.2, 0.25) is 4.73 Å². The zero-order valence-electron chi connectivity index (χ0n) is 13.6. The maximum Gasteiger partial charge on any atom is 0.490 e. The second-order valence-corrected chi connectivity index (χ2v) is 7.21. The van der Waals surface area contributed by atoms with Crippen LogP contribution >= 0.6 is 39.1 Å². The number of hydrogen-bond acceptors (Lipinski definition) is 4. The summed E-state index contributed by atoms with van der Waals surface area (Å²) in [5, 5.41) is 16.3. The lowest BCUT2D eigenvalue weighted by atomic mass is 10.0. The Bertz CT molecular complexity index is 792. The molecule has 1 aliphatic rings. The average molecular weight is 490 g/mol. The molecule has 1 fully saturated rings. The Balaban J connectivity index is 0.000000321. The third-order valence-corrected chi connectivity index (χ3v) is 4.74. The minimum Gasteiger partial charge on any atom is -0.475 e. The summed E-state index contributed by atoms with van der Waals surface area (Å²) in [4.78, 5) is 12.9. The van der Waals surface area contributed by atoms with Gasteiger partial charge in [0, 0.05) is 27.7 Å². The van der Waals surface area contributed by atoms with E-state index in [1.165, 1.54) is 0 Å². The van der Waals surface area contributed by atoms with E-state index in [0.717, 1.165) is 41.5 Å². The first-order valence-corrected chi connectivity index (χ1v) is 9.15. The highest BCUT2D eigenvalue weighted by molar-refractivity contribution is 9.10. The Hall–Kier alpha value is -1.36. The van der Waals surface area contributed by atoms with E-state index in [2.05, 4.69) is 31.3 Å². The maximum absolute atomic E-state index is 10.6. The number of nitrogens with zero attached hydrogens (tertiary/aromatic N) is 3. The molecule has 0 aliphatic heterocycles. The molecule has 1 aromatic heterocycles. The first kappa shape index (κ1) is 21.9. The van der Waals surface area contributed by atoms with Gasteiger partial charge in [-0.1, -0.05) is 29.3 Å². The summed E-state index contributed by atoms with van der Waals surface area (Å²) in [7, 11) is 0. The van der Waals surface area contributed by atoms with Crippen molar-refractivity contribution in [1.29, 1.82) is 0 Å². The normalized spacial score (nSPS) is 15.0. The smallest absolute Gasteiger partial charge is 0.475 e. The number of rotatable bonds is 5. The predicted octanol–water partition coefficient (Wildman–Crippen LogP) is 4.26. The van der Waals surface area contributed by atoms with Gasteiger partial charge in [0.1, 0.15) is 6.33 Å². The van der Waals surface area contributed by atoms with E-state index >= 15 is 0 Å². The van der Waals surface area contributed by atoms with Gasteiger partial charge in [-0.2, -0.15) is 13.2 Å². The Morgan fingerprint density at radius 3 is 2.30 bits per heavy atom. The Morgan fingerprint density at radius 1 is 1.33 bits per heavy atom. The molecule has 0 atom stereocenters. The lowest BCUT2D eigenvalue weighted by Crippen LogP contribution is -2.32. The number of carbonyl (C=O) groups is 1. The number of carboxylic acids is 1. The van der Waals surface area contributed by atoms with Crippen LogP contribution in [0.4, 0.5) is 13.2 Å². The van der Waals surface area contributed by atoms with Gasteiger partial charge in [0.15, 0.2) is 0 Å². The van der Waals surface area contributed by atoms with Gasteiger partial charge in [-0.15, -0.1) is 5.10 Å². The zero-order chi connectivity index (χ0) is 20.2. The molecular formula is C15H14BrCl2F3N4O2. The van der Waals surface area contributed by atoms with Crippen LogP contribution in [0.3, 0.4) is 0 Å². The largest absolute Gasteiger partial charge is 0.490 e. The number of nitrogens with one attached hydrogen (secondary N) is 1. The van der Waals surface area contributed by atoms with Gasteiger partial charge < -0.3 is 10.4 Å². The molecule has 12 heteroatoms. The van der Waals surface area contributed by atoms with E-state index in [1.54, 1.807) is 11.0 Å². The van der Waals surface area contributed by atoms with E-state index in [1.807, 2.05) is 18.2 Å². The third-order valence-electron chi connectivity index (χ3n) is 3.75. The van der Waals surface area contributed by atoms with E-state index in [4.69, 9.17) is 33.1 Å². The van der Waals surface area contributed by atoms with Crippen LogP contribution < -0.4 is 5.32 Å².